The van der Waals surface area contributed by atoms with Crippen LogP contribution in [0.4, 0.5) is 0 Å². The number of carbonyl (C=O) groups excluding carboxylic acids is 1. The summed E-state index contributed by atoms with van der Waals surface area (Å²) in [6.45, 7) is 2.62. The van der Waals surface area contributed by atoms with Gasteiger partial charge in [-0.05, 0) is 26.8 Å². The molecule has 1 saturated heterocycles. The number of carboxylic acid groups (broad SMARTS) is 1. The number of nitrogens with zero attached hydrogens (tertiary/aromatic N) is 2. The fourth-order valence-corrected chi connectivity index (χ4v) is 2.07. The molecule has 0 spiro atoms. The van der Waals surface area contributed by atoms with Crippen LogP contribution in [0.3, 0.4) is 0 Å². The number of likely N-dealkylation sites (tertiary alicyclic amines) is 1. The predicted octanol–water partition coefficient (Wildman–Crippen LogP) is -0.625. The first kappa shape index (κ1) is 13.9. The third-order valence-corrected chi connectivity index (χ3v) is 3.29. The zero-order valence-electron chi connectivity index (χ0n) is 10.3. The van der Waals surface area contributed by atoms with Gasteiger partial charge in [-0.25, -0.2) is 4.79 Å². The highest BCUT2D eigenvalue weighted by Crippen LogP contribution is 2.19. The summed E-state index contributed by atoms with van der Waals surface area (Å²) in [6, 6.07) is -1.09. The van der Waals surface area contributed by atoms with Crippen LogP contribution < -0.4 is 0 Å². The van der Waals surface area contributed by atoms with Crippen molar-refractivity contribution in [3.8, 4) is 0 Å². The molecule has 2 N–H and O–H groups in total. The van der Waals surface area contributed by atoms with E-state index >= 15 is 0 Å². The Kier molecular flexibility index (Phi) is 4.89. The average Bonchev–Trinajstić information content (AvgIpc) is 2.76. The monoisotopic (exact) mass is 244 g/mol. The number of likely N-dealkylation sites (N-methyl/N-ethyl adjacent to an activating group) is 1. The minimum Gasteiger partial charge on any atom is -0.480 e. The standard InChI is InChI=1S/C11H20N2O4/c1-8(12(2)6-7-14)10(15)13-5-3-4-9(13)11(16)17/h8-9,14H,3-7H2,1-2H3,(H,16,17). The Morgan fingerprint density at radius 3 is 2.71 bits per heavy atom. The van der Waals surface area contributed by atoms with Gasteiger partial charge in [-0.15, -0.1) is 0 Å². The molecule has 0 saturated carbocycles. The van der Waals surface area contributed by atoms with E-state index in [0.29, 0.717) is 19.5 Å². The van der Waals surface area contributed by atoms with E-state index < -0.39 is 18.1 Å². The predicted molar refractivity (Wildman–Crippen MR) is 61.5 cm³/mol. The summed E-state index contributed by atoms with van der Waals surface area (Å²) >= 11 is 0. The van der Waals surface area contributed by atoms with E-state index in [1.807, 2.05) is 0 Å². The van der Waals surface area contributed by atoms with Gasteiger partial charge in [-0.3, -0.25) is 9.69 Å². The topological polar surface area (TPSA) is 81.1 Å². The number of aliphatic hydroxyl groups excluding tert-OH is 1. The SMILES string of the molecule is CC(C(=O)N1CCCC1C(=O)O)N(C)CCO. The Morgan fingerprint density at radius 1 is 1.53 bits per heavy atom. The first-order chi connectivity index (χ1) is 7.99. The van der Waals surface area contributed by atoms with Crippen molar-refractivity contribution in [2.75, 3.05) is 26.7 Å². The maximum Gasteiger partial charge on any atom is 0.326 e. The second kappa shape index (κ2) is 5.97. The molecule has 2 atom stereocenters. The second-order valence-electron chi connectivity index (χ2n) is 4.41. The van der Waals surface area contributed by atoms with E-state index in [9.17, 15) is 9.59 Å². The Labute approximate surface area is 101 Å². The van der Waals surface area contributed by atoms with Gasteiger partial charge in [0.15, 0.2) is 0 Å². The maximum atomic E-state index is 12.1. The normalized spacial score (nSPS) is 21.9. The molecule has 6 nitrogen and oxygen atoms in total. The van der Waals surface area contributed by atoms with Crippen molar-refractivity contribution >= 4 is 11.9 Å². The third-order valence-electron chi connectivity index (χ3n) is 3.29. The van der Waals surface area contributed by atoms with Gasteiger partial charge in [-0.1, -0.05) is 0 Å². The first-order valence-corrected chi connectivity index (χ1v) is 5.83. The van der Waals surface area contributed by atoms with Gasteiger partial charge < -0.3 is 15.1 Å². The molecule has 1 fully saturated rings. The smallest absolute Gasteiger partial charge is 0.326 e. The quantitative estimate of drug-likeness (QED) is 0.673. The van der Waals surface area contributed by atoms with Gasteiger partial charge in [-0.2, -0.15) is 0 Å². The van der Waals surface area contributed by atoms with Gasteiger partial charge >= 0.3 is 5.97 Å². The average molecular weight is 244 g/mol. The molecule has 1 amide bonds. The number of aliphatic carboxylic acids is 1. The minimum absolute atomic E-state index is 0.0174. The second-order valence-corrected chi connectivity index (χ2v) is 4.41. The molecule has 98 valence electrons. The summed E-state index contributed by atoms with van der Waals surface area (Å²) < 4.78 is 0. The Morgan fingerprint density at radius 2 is 2.18 bits per heavy atom. The lowest BCUT2D eigenvalue weighted by atomic mass is 10.2. The van der Waals surface area contributed by atoms with Crippen LogP contribution in [0, 0.1) is 0 Å². The van der Waals surface area contributed by atoms with E-state index in [1.54, 1.807) is 18.9 Å². The molecule has 0 aromatic carbocycles. The fourth-order valence-electron chi connectivity index (χ4n) is 2.07. The van der Waals surface area contributed by atoms with E-state index in [2.05, 4.69) is 0 Å². The summed E-state index contributed by atoms with van der Waals surface area (Å²) in [6.07, 6.45) is 1.26. The van der Waals surface area contributed by atoms with Crippen LogP contribution in [0.15, 0.2) is 0 Å². The van der Waals surface area contributed by atoms with Crippen LogP contribution in [0.1, 0.15) is 19.8 Å². The van der Waals surface area contributed by atoms with Crippen LogP contribution in [-0.2, 0) is 9.59 Å². The van der Waals surface area contributed by atoms with Crippen LogP contribution in [0.5, 0.6) is 0 Å². The number of carbonyl (C=O) groups is 2. The van der Waals surface area contributed by atoms with Crippen LogP contribution in [0.2, 0.25) is 0 Å². The van der Waals surface area contributed by atoms with Crippen molar-refractivity contribution in [2.45, 2.75) is 31.8 Å². The molecular formula is C11H20N2O4. The van der Waals surface area contributed by atoms with E-state index in [0.717, 1.165) is 6.42 Å². The van der Waals surface area contributed by atoms with Gasteiger partial charge in [0.05, 0.1) is 12.6 Å². The molecule has 17 heavy (non-hydrogen) atoms. The molecule has 0 aromatic rings. The largest absolute Gasteiger partial charge is 0.480 e. The summed E-state index contributed by atoms with van der Waals surface area (Å²) in [5.41, 5.74) is 0. The molecular weight excluding hydrogens is 224 g/mol. The number of amides is 1. The summed E-state index contributed by atoms with van der Waals surface area (Å²) in [5, 5.41) is 17.8. The number of rotatable bonds is 5. The van der Waals surface area contributed by atoms with Crippen molar-refractivity contribution in [1.82, 2.24) is 9.80 Å². The van der Waals surface area contributed by atoms with Crippen molar-refractivity contribution in [1.29, 1.82) is 0 Å². The summed E-state index contributed by atoms with van der Waals surface area (Å²) in [5.74, 6) is -1.11. The Hall–Kier alpha value is -1.14. The summed E-state index contributed by atoms with van der Waals surface area (Å²) in [7, 11) is 1.74. The highest BCUT2D eigenvalue weighted by atomic mass is 16.4. The Balaban J connectivity index is 2.65. The third kappa shape index (κ3) is 3.17. The van der Waals surface area contributed by atoms with Gasteiger partial charge in [0.1, 0.15) is 6.04 Å². The van der Waals surface area contributed by atoms with Gasteiger partial charge in [0.2, 0.25) is 5.91 Å². The highest BCUT2D eigenvalue weighted by Gasteiger charge is 2.36. The molecule has 1 aliphatic rings. The van der Waals surface area contributed by atoms with Gasteiger partial charge in [0, 0.05) is 13.1 Å². The van der Waals surface area contributed by atoms with Gasteiger partial charge in [0.25, 0.3) is 0 Å². The molecule has 0 aliphatic carbocycles. The molecule has 2 unspecified atom stereocenters. The lowest BCUT2D eigenvalue weighted by Crippen LogP contribution is -2.50. The van der Waals surface area contributed by atoms with Crippen LogP contribution >= 0.6 is 0 Å². The zero-order chi connectivity index (χ0) is 13.0. The molecule has 0 aromatic heterocycles. The van der Waals surface area contributed by atoms with E-state index in [4.69, 9.17) is 10.2 Å². The van der Waals surface area contributed by atoms with E-state index in [-0.39, 0.29) is 12.5 Å². The Bertz CT molecular complexity index is 295. The molecule has 0 radical (unpaired) electrons. The molecule has 6 heteroatoms. The van der Waals surface area contributed by atoms with Crippen molar-refractivity contribution < 1.29 is 19.8 Å². The lowest BCUT2D eigenvalue weighted by Gasteiger charge is -2.29. The fraction of sp³-hybridized carbons (Fsp3) is 0.818. The zero-order valence-corrected chi connectivity index (χ0v) is 10.3. The molecule has 1 rings (SSSR count). The highest BCUT2D eigenvalue weighted by molar-refractivity contribution is 5.87. The lowest BCUT2D eigenvalue weighted by molar-refractivity contribution is -0.150. The summed E-state index contributed by atoms with van der Waals surface area (Å²) in [4.78, 5) is 26.3. The van der Waals surface area contributed by atoms with Crippen molar-refractivity contribution in [3.05, 3.63) is 0 Å². The maximum absolute atomic E-state index is 12.1. The molecule has 1 aliphatic heterocycles. The minimum atomic E-state index is -0.937. The van der Waals surface area contributed by atoms with Crippen LogP contribution in [0.25, 0.3) is 0 Å². The molecule has 0 bridgehead atoms. The van der Waals surface area contributed by atoms with E-state index in [1.165, 1.54) is 4.90 Å². The first-order valence-electron chi connectivity index (χ1n) is 5.83. The number of hydrogen-bond donors (Lipinski definition) is 2. The number of hydrogen-bond acceptors (Lipinski definition) is 4. The number of aliphatic hydroxyl groups is 1. The van der Waals surface area contributed by atoms with Crippen molar-refractivity contribution in [3.63, 3.8) is 0 Å². The number of carboxylic acids is 1. The van der Waals surface area contributed by atoms with Crippen LogP contribution in [-0.4, -0.2) is 70.7 Å². The molecule has 1 heterocycles. The van der Waals surface area contributed by atoms with Crippen molar-refractivity contribution in [2.24, 2.45) is 0 Å².